The zero-order valence-electron chi connectivity index (χ0n) is 15.0. The van der Waals surface area contributed by atoms with Gasteiger partial charge >= 0.3 is 0 Å². The third-order valence-corrected chi connectivity index (χ3v) is 4.21. The Morgan fingerprint density at radius 3 is 2.65 bits per heavy atom. The molecule has 1 N–H and O–H groups in total. The first-order valence-corrected chi connectivity index (χ1v) is 8.53. The molecule has 0 saturated carbocycles. The molecule has 2 aromatic heterocycles. The average molecular weight is 346 g/mol. The van der Waals surface area contributed by atoms with E-state index < -0.39 is 0 Å². The lowest BCUT2D eigenvalue weighted by Crippen LogP contribution is -2.26. The smallest absolute Gasteiger partial charge is 0.253 e. The Morgan fingerprint density at radius 1 is 1.08 bits per heavy atom. The monoisotopic (exact) mass is 346 g/mol. The third kappa shape index (κ3) is 4.25. The van der Waals surface area contributed by atoms with Gasteiger partial charge in [0.2, 0.25) is 0 Å². The van der Waals surface area contributed by atoms with Crippen LogP contribution in [0.25, 0.3) is 0 Å². The number of rotatable bonds is 6. The van der Waals surface area contributed by atoms with E-state index in [2.05, 4.69) is 32.3 Å². The summed E-state index contributed by atoms with van der Waals surface area (Å²) in [7, 11) is 2.01. The molecule has 0 unspecified atom stereocenters. The number of carbonyl (C=O) groups excluding carboxylic acids is 1. The summed E-state index contributed by atoms with van der Waals surface area (Å²) < 4.78 is 0. The summed E-state index contributed by atoms with van der Waals surface area (Å²) in [4.78, 5) is 23.1. The lowest BCUT2D eigenvalue weighted by Gasteiger charge is -2.21. The minimum atomic E-state index is -0.129. The standard InChI is InChI=1S/C21H22N4O/c1-16-10-12-22-14-19(16)21(26)24-13-18-9-6-11-23-20(18)25(2)15-17-7-4-3-5-8-17/h3-12,14H,13,15H2,1-2H3,(H,24,26). The number of anilines is 1. The molecule has 0 radical (unpaired) electrons. The molecular formula is C21H22N4O. The van der Waals surface area contributed by atoms with Gasteiger partial charge in [0, 0.05) is 44.3 Å². The van der Waals surface area contributed by atoms with Crippen molar-refractivity contribution in [3.63, 3.8) is 0 Å². The number of nitrogens with zero attached hydrogens (tertiary/aromatic N) is 3. The van der Waals surface area contributed by atoms with Gasteiger partial charge < -0.3 is 10.2 Å². The molecule has 0 saturated heterocycles. The summed E-state index contributed by atoms with van der Waals surface area (Å²) in [5.74, 6) is 0.732. The van der Waals surface area contributed by atoms with Crippen molar-refractivity contribution in [2.45, 2.75) is 20.0 Å². The van der Waals surface area contributed by atoms with Gasteiger partial charge in [0.1, 0.15) is 5.82 Å². The highest BCUT2D eigenvalue weighted by Gasteiger charge is 2.12. The Kier molecular flexibility index (Phi) is 5.59. The van der Waals surface area contributed by atoms with Crippen molar-refractivity contribution >= 4 is 11.7 Å². The van der Waals surface area contributed by atoms with E-state index in [1.54, 1.807) is 18.6 Å². The van der Waals surface area contributed by atoms with Gasteiger partial charge in [0.15, 0.2) is 0 Å². The molecule has 132 valence electrons. The number of hydrogen-bond donors (Lipinski definition) is 1. The zero-order chi connectivity index (χ0) is 18.4. The number of hydrogen-bond acceptors (Lipinski definition) is 4. The summed E-state index contributed by atoms with van der Waals surface area (Å²) >= 11 is 0. The second-order valence-corrected chi connectivity index (χ2v) is 6.20. The Bertz CT molecular complexity index is 880. The number of carbonyl (C=O) groups is 1. The van der Waals surface area contributed by atoms with Crippen LogP contribution in [0.2, 0.25) is 0 Å². The Morgan fingerprint density at radius 2 is 1.88 bits per heavy atom. The predicted molar refractivity (Wildman–Crippen MR) is 103 cm³/mol. The molecule has 0 bridgehead atoms. The first-order valence-electron chi connectivity index (χ1n) is 8.53. The van der Waals surface area contributed by atoms with E-state index in [1.807, 2.05) is 50.4 Å². The van der Waals surface area contributed by atoms with E-state index in [0.717, 1.165) is 23.5 Å². The van der Waals surface area contributed by atoms with Crippen LogP contribution in [0, 0.1) is 6.92 Å². The van der Waals surface area contributed by atoms with Crippen LogP contribution in [-0.2, 0) is 13.1 Å². The largest absolute Gasteiger partial charge is 0.355 e. The number of aromatic nitrogens is 2. The molecule has 0 spiro atoms. The van der Waals surface area contributed by atoms with Gasteiger partial charge in [-0.2, -0.15) is 0 Å². The Labute approximate surface area is 153 Å². The fraction of sp³-hybridized carbons (Fsp3) is 0.190. The van der Waals surface area contributed by atoms with Crippen LogP contribution in [0.3, 0.4) is 0 Å². The minimum absolute atomic E-state index is 0.129. The fourth-order valence-electron chi connectivity index (χ4n) is 2.82. The maximum Gasteiger partial charge on any atom is 0.253 e. The molecule has 5 nitrogen and oxygen atoms in total. The van der Waals surface area contributed by atoms with Crippen molar-refractivity contribution in [2.75, 3.05) is 11.9 Å². The van der Waals surface area contributed by atoms with Gasteiger partial charge in [-0.15, -0.1) is 0 Å². The van der Waals surface area contributed by atoms with Crippen molar-refractivity contribution in [1.82, 2.24) is 15.3 Å². The fourth-order valence-corrected chi connectivity index (χ4v) is 2.82. The highest BCUT2D eigenvalue weighted by Crippen LogP contribution is 2.18. The van der Waals surface area contributed by atoms with Gasteiger partial charge in [-0.1, -0.05) is 36.4 Å². The number of benzene rings is 1. The molecule has 0 fully saturated rings. The molecule has 0 atom stereocenters. The molecule has 0 aliphatic rings. The van der Waals surface area contributed by atoms with Crippen LogP contribution in [-0.4, -0.2) is 22.9 Å². The Balaban J connectivity index is 1.71. The normalized spacial score (nSPS) is 10.4. The van der Waals surface area contributed by atoms with Crippen LogP contribution in [0.5, 0.6) is 0 Å². The van der Waals surface area contributed by atoms with Gasteiger partial charge in [0.05, 0.1) is 5.56 Å². The van der Waals surface area contributed by atoms with Crippen LogP contribution in [0.1, 0.15) is 27.0 Å². The molecule has 3 aromatic rings. The summed E-state index contributed by atoms with van der Waals surface area (Å²) in [5, 5.41) is 2.97. The van der Waals surface area contributed by atoms with Crippen molar-refractivity contribution in [3.05, 3.63) is 89.4 Å². The highest BCUT2D eigenvalue weighted by molar-refractivity contribution is 5.95. The van der Waals surface area contributed by atoms with Crippen LogP contribution in [0.15, 0.2) is 67.1 Å². The molecule has 1 amide bonds. The number of nitrogens with one attached hydrogen (secondary N) is 1. The summed E-state index contributed by atoms with van der Waals surface area (Å²) in [6.07, 6.45) is 5.05. The molecule has 3 rings (SSSR count). The second kappa shape index (κ2) is 8.25. The van der Waals surface area contributed by atoms with Crippen molar-refractivity contribution in [2.24, 2.45) is 0 Å². The van der Waals surface area contributed by atoms with Gasteiger partial charge in [-0.05, 0) is 30.2 Å². The molecule has 5 heteroatoms. The van der Waals surface area contributed by atoms with Crippen molar-refractivity contribution in [1.29, 1.82) is 0 Å². The zero-order valence-corrected chi connectivity index (χ0v) is 15.0. The summed E-state index contributed by atoms with van der Waals surface area (Å²) in [6, 6.07) is 15.9. The van der Waals surface area contributed by atoms with E-state index in [4.69, 9.17) is 0 Å². The third-order valence-electron chi connectivity index (χ3n) is 4.21. The minimum Gasteiger partial charge on any atom is -0.355 e. The van der Waals surface area contributed by atoms with Crippen LogP contribution < -0.4 is 10.2 Å². The molecule has 2 heterocycles. The van der Waals surface area contributed by atoms with Gasteiger partial charge in [0.25, 0.3) is 5.91 Å². The molecule has 1 aromatic carbocycles. The number of amides is 1. The molecule has 0 aliphatic heterocycles. The predicted octanol–water partition coefficient (Wildman–Crippen LogP) is 3.35. The van der Waals surface area contributed by atoms with Crippen molar-refractivity contribution in [3.8, 4) is 0 Å². The van der Waals surface area contributed by atoms with E-state index >= 15 is 0 Å². The van der Waals surface area contributed by atoms with Gasteiger partial charge in [-0.25, -0.2) is 4.98 Å². The van der Waals surface area contributed by atoms with E-state index in [0.29, 0.717) is 12.1 Å². The Hall–Kier alpha value is -3.21. The maximum atomic E-state index is 12.4. The average Bonchev–Trinajstić information content (AvgIpc) is 2.67. The quantitative estimate of drug-likeness (QED) is 0.744. The topological polar surface area (TPSA) is 58.1 Å². The summed E-state index contributed by atoms with van der Waals surface area (Å²) in [5.41, 5.74) is 3.68. The van der Waals surface area contributed by atoms with E-state index in [9.17, 15) is 4.79 Å². The summed E-state index contributed by atoms with van der Waals surface area (Å²) in [6.45, 7) is 3.07. The first-order chi connectivity index (χ1) is 12.6. The first kappa shape index (κ1) is 17.6. The molecule has 0 aliphatic carbocycles. The van der Waals surface area contributed by atoms with E-state index in [1.165, 1.54) is 5.56 Å². The van der Waals surface area contributed by atoms with E-state index in [-0.39, 0.29) is 5.91 Å². The highest BCUT2D eigenvalue weighted by atomic mass is 16.1. The lowest BCUT2D eigenvalue weighted by molar-refractivity contribution is 0.0950. The lowest BCUT2D eigenvalue weighted by atomic mass is 10.1. The number of pyridine rings is 2. The molecule has 26 heavy (non-hydrogen) atoms. The molecular weight excluding hydrogens is 324 g/mol. The second-order valence-electron chi connectivity index (χ2n) is 6.20. The van der Waals surface area contributed by atoms with Crippen molar-refractivity contribution < 1.29 is 4.79 Å². The van der Waals surface area contributed by atoms with Crippen LogP contribution >= 0.6 is 0 Å². The van der Waals surface area contributed by atoms with Gasteiger partial charge in [-0.3, -0.25) is 9.78 Å². The SMILES string of the molecule is Cc1ccncc1C(=O)NCc1cccnc1N(C)Cc1ccccc1. The number of aryl methyl sites for hydroxylation is 1. The maximum absolute atomic E-state index is 12.4. The van der Waals surface area contributed by atoms with Crippen LogP contribution in [0.4, 0.5) is 5.82 Å².